The summed E-state index contributed by atoms with van der Waals surface area (Å²) in [7, 11) is -9.78. The number of rotatable bonds is 5. The van der Waals surface area contributed by atoms with Crippen LogP contribution in [0.25, 0.3) is 0 Å². The molecule has 0 bridgehead atoms. The summed E-state index contributed by atoms with van der Waals surface area (Å²) in [5.41, 5.74) is -1.74. The molecule has 1 heterocycles. The Morgan fingerprint density at radius 3 is 2.15 bits per heavy atom. The van der Waals surface area contributed by atoms with E-state index in [1.165, 1.54) is 6.92 Å². The van der Waals surface area contributed by atoms with Crippen molar-refractivity contribution in [2.24, 2.45) is 5.92 Å². The Hall–Kier alpha value is -2.43. The van der Waals surface area contributed by atoms with E-state index in [0.29, 0.717) is 12.1 Å². The molecule has 0 fully saturated rings. The molecule has 1 aromatic carbocycles. The van der Waals surface area contributed by atoms with E-state index in [1.54, 1.807) is 13.8 Å². The third-order valence-corrected chi connectivity index (χ3v) is 5.50. The van der Waals surface area contributed by atoms with E-state index in [9.17, 15) is 29.0 Å². The third-order valence-electron chi connectivity index (χ3n) is 4.34. The number of amides is 1. The first-order valence-electron chi connectivity index (χ1n) is 7.75. The molecule has 1 aromatic heterocycles. The number of nitrogens with one attached hydrogen (secondary N) is 2. The van der Waals surface area contributed by atoms with E-state index in [2.05, 4.69) is 15.3 Å². The molecule has 0 aliphatic carbocycles. The second-order valence-electron chi connectivity index (χ2n) is 6.60. The standard InChI is InChI=1S/C16H18F5N3O2S/c1-10(2)16(3,24-15(26)13-8-14(25)23-9-22-13)11-4-6-12(7-5-11)27(17,18,19,20)21/h4-10H,1-3H3,(H,24,26)(H,22,23,25). The monoisotopic (exact) mass is 411 g/mol. The summed E-state index contributed by atoms with van der Waals surface area (Å²) < 4.78 is 64.5. The minimum absolute atomic E-state index is 0.186. The highest BCUT2D eigenvalue weighted by Gasteiger charge is 2.65. The number of benzene rings is 1. The fourth-order valence-corrected chi connectivity index (χ4v) is 3.05. The number of aromatic amines is 1. The predicted octanol–water partition coefficient (Wildman–Crippen LogP) is 4.73. The fraction of sp³-hybridized carbons (Fsp3) is 0.312. The molecule has 2 rings (SSSR count). The van der Waals surface area contributed by atoms with Gasteiger partial charge in [0.2, 0.25) is 0 Å². The molecule has 1 atom stereocenters. The number of aromatic nitrogens is 2. The molecule has 2 aromatic rings. The van der Waals surface area contributed by atoms with Gasteiger partial charge in [0.15, 0.2) is 0 Å². The molecule has 0 spiro atoms. The van der Waals surface area contributed by atoms with Gasteiger partial charge in [0, 0.05) is 6.07 Å². The number of carbonyl (C=O) groups is 1. The van der Waals surface area contributed by atoms with Crippen LogP contribution < -0.4 is 10.9 Å². The van der Waals surface area contributed by atoms with Crippen LogP contribution in [0.1, 0.15) is 36.8 Å². The Kier molecular flexibility index (Phi) is 4.47. The van der Waals surface area contributed by atoms with Crippen LogP contribution in [0.2, 0.25) is 0 Å². The molecular weight excluding hydrogens is 393 g/mol. The van der Waals surface area contributed by atoms with Crippen molar-refractivity contribution in [3.8, 4) is 0 Å². The minimum atomic E-state index is -9.78. The van der Waals surface area contributed by atoms with Gasteiger partial charge in [-0.1, -0.05) is 45.4 Å². The number of hydrogen-bond acceptors (Lipinski definition) is 3. The van der Waals surface area contributed by atoms with Gasteiger partial charge in [0.05, 0.1) is 11.9 Å². The molecule has 150 valence electrons. The van der Waals surface area contributed by atoms with Crippen molar-refractivity contribution >= 4 is 16.1 Å². The van der Waals surface area contributed by atoms with Gasteiger partial charge in [-0.15, -0.1) is 0 Å². The summed E-state index contributed by atoms with van der Waals surface area (Å²) in [4.78, 5) is 27.7. The van der Waals surface area contributed by atoms with Crippen molar-refractivity contribution in [3.05, 3.63) is 58.3 Å². The van der Waals surface area contributed by atoms with Crippen LogP contribution in [-0.2, 0) is 5.54 Å². The Bertz CT molecular complexity index is 926. The van der Waals surface area contributed by atoms with Crippen LogP contribution in [0.5, 0.6) is 0 Å². The van der Waals surface area contributed by atoms with Crippen molar-refractivity contribution in [3.63, 3.8) is 0 Å². The molecule has 1 unspecified atom stereocenters. The highest BCUT2D eigenvalue weighted by molar-refractivity contribution is 8.45. The summed E-state index contributed by atoms with van der Waals surface area (Å²) in [5, 5.41) is 2.62. The van der Waals surface area contributed by atoms with Crippen molar-refractivity contribution in [2.75, 3.05) is 0 Å². The average Bonchev–Trinajstić information content (AvgIpc) is 2.52. The average molecular weight is 411 g/mol. The van der Waals surface area contributed by atoms with Crippen molar-refractivity contribution in [1.82, 2.24) is 15.3 Å². The van der Waals surface area contributed by atoms with Gasteiger partial charge < -0.3 is 10.3 Å². The first kappa shape index (κ1) is 20.9. The van der Waals surface area contributed by atoms with Crippen LogP contribution in [0.3, 0.4) is 0 Å². The zero-order chi connectivity index (χ0) is 20.7. The zero-order valence-corrected chi connectivity index (χ0v) is 15.4. The van der Waals surface area contributed by atoms with Crippen LogP contribution >= 0.6 is 10.2 Å². The molecule has 0 aliphatic rings. The molecule has 1 amide bonds. The summed E-state index contributed by atoms with van der Waals surface area (Å²) >= 11 is 0. The van der Waals surface area contributed by atoms with Gasteiger partial charge in [0.25, 0.3) is 11.5 Å². The molecule has 0 aliphatic heterocycles. The maximum Gasteiger partial charge on any atom is 0.310 e. The molecule has 11 heteroatoms. The smallest absolute Gasteiger partial charge is 0.310 e. The van der Waals surface area contributed by atoms with Gasteiger partial charge in [-0.2, -0.15) is 0 Å². The van der Waals surface area contributed by atoms with Gasteiger partial charge in [0.1, 0.15) is 10.6 Å². The van der Waals surface area contributed by atoms with E-state index < -0.39 is 32.1 Å². The van der Waals surface area contributed by atoms with Crippen molar-refractivity contribution < 1.29 is 24.2 Å². The lowest BCUT2D eigenvalue weighted by molar-refractivity contribution is 0.0870. The summed E-state index contributed by atoms with van der Waals surface area (Å²) in [6, 6.07) is 3.37. The van der Waals surface area contributed by atoms with Crippen LogP contribution in [0, 0.1) is 5.92 Å². The number of nitrogens with zero attached hydrogens (tertiary/aromatic N) is 1. The summed E-state index contributed by atoms with van der Waals surface area (Å²) in [6.07, 6.45) is 1.04. The molecular formula is C16H18F5N3O2S. The van der Waals surface area contributed by atoms with Gasteiger partial charge >= 0.3 is 10.2 Å². The normalized spacial score (nSPS) is 16.9. The molecule has 27 heavy (non-hydrogen) atoms. The molecule has 0 saturated heterocycles. The first-order chi connectivity index (χ1) is 12.0. The Morgan fingerprint density at radius 1 is 1.15 bits per heavy atom. The third kappa shape index (κ3) is 4.65. The number of halogens is 5. The second-order valence-corrected chi connectivity index (χ2v) is 9.01. The molecule has 5 nitrogen and oxygen atoms in total. The van der Waals surface area contributed by atoms with E-state index in [0.717, 1.165) is 24.5 Å². The second kappa shape index (κ2) is 5.78. The first-order valence-corrected chi connectivity index (χ1v) is 9.70. The maximum absolute atomic E-state index is 12.9. The van der Waals surface area contributed by atoms with Crippen molar-refractivity contribution in [1.29, 1.82) is 0 Å². The number of carbonyl (C=O) groups excluding carboxylic acids is 1. The van der Waals surface area contributed by atoms with Gasteiger partial charge in [-0.25, -0.2) is 4.98 Å². The minimum Gasteiger partial charge on any atom is -0.341 e. The SMILES string of the molecule is CC(C)C(C)(NC(=O)c1cc(=O)[nH]cn1)c1ccc(S(F)(F)(F)(F)F)cc1. The summed E-state index contributed by atoms with van der Waals surface area (Å²) in [5.74, 6) is -1.05. The fourth-order valence-electron chi connectivity index (χ4n) is 2.40. The Morgan fingerprint density at radius 2 is 1.70 bits per heavy atom. The highest BCUT2D eigenvalue weighted by Crippen LogP contribution is 3.02. The molecule has 2 N–H and O–H groups in total. The molecule has 0 saturated carbocycles. The van der Waals surface area contributed by atoms with Crippen LogP contribution in [0.15, 0.2) is 46.3 Å². The Labute approximate surface area is 151 Å². The quantitative estimate of drug-likeness (QED) is 0.699. The van der Waals surface area contributed by atoms with Gasteiger partial charge in [-0.05, 0) is 30.5 Å². The summed E-state index contributed by atoms with van der Waals surface area (Å²) in [6.45, 7) is 4.94. The van der Waals surface area contributed by atoms with E-state index >= 15 is 0 Å². The lowest BCUT2D eigenvalue weighted by Gasteiger charge is -2.41. The zero-order valence-electron chi connectivity index (χ0n) is 14.6. The van der Waals surface area contributed by atoms with Crippen molar-refractivity contribution in [2.45, 2.75) is 31.2 Å². The lowest BCUT2D eigenvalue weighted by atomic mass is 9.81. The topological polar surface area (TPSA) is 74.8 Å². The predicted molar refractivity (Wildman–Crippen MR) is 92.4 cm³/mol. The van der Waals surface area contributed by atoms with E-state index in [-0.39, 0.29) is 17.2 Å². The van der Waals surface area contributed by atoms with Gasteiger partial charge in [-0.3, -0.25) is 9.59 Å². The van der Waals surface area contributed by atoms with Crippen LogP contribution in [0.4, 0.5) is 19.4 Å². The maximum atomic E-state index is 12.9. The lowest BCUT2D eigenvalue weighted by Crippen LogP contribution is -2.47. The van der Waals surface area contributed by atoms with Crippen LogP contribution in [-0.4, -0.2) is 15.9 Å². The largest absolute Gasteiger partial charge is 0.341 e. The Balaban J connectivity index is 2.42. The number of hydrogen-bond donors (Lipinski definition) is 2. The van der Waals surface area contributed by atoms with E-state index in [4.69, 9.17) is 0 Å². The van der Waals surface area contributed by atoms with E-state index in [1.807, 2.05) is 0 Å². The molecule has 0 radical (unpaired) electrons. The number of H-pyrrole nitrogens is 1. The highest BCUT2D eigenvalue weighted by atomic mass is 32.5.